The van der Waals surface area contributed by atoms with E-state index < -0.39 is 11.6 Å². The molecular formula is C12H11Cl2FN6O3. The number of aromatic nitrogens is 4. The van der Waals surface area contributed by atoms with Gasteiger partial charge in [-0.3, -0.25) is 4.52 Å². The van der Waals surface area contributed by atoms with Gasteiger partial charge in [-0.2, -0.15) is 0 Å². The molecule has 3 aromatic rings. The molecule has 0 amide bonds. The maximum Gasteiger partial charge on any atom is 0.446 e. The molecule has 9 nitrogen and oxygen atoms in total. The van der Waals surface area contributed by atoms with E-state index in [2.05, 4.69) is 29.9 Å². The molecule has 24 heavy (non-hydrogen) atoms. The molecule has 3 rings (SSSR count). The second kappa shape index (κ2) is 7.43. The van der Waals surface area contributed by atoms with Crippen LogP contribution in [0.25, 0.3) is 17.2 Å². The van der Waals surface area contributed by atoms with Crippen LogP contribution in [-0.2, 0) is 0 Å². The van der Waals surface area contributed by atoms with Crippen LogP contribution in [0.15, 0.2) is 32.1 Å². The van der Waals surface area contributed by atoms with Crippen molar-refractivity contribution in [1.29, 1.82) is 0 Å². The van der Waals surface area contributed by atoms with Gasteiger partial charge in [-0.05, 0) is 28.5 Å². The molecule has 0 saturated heterocycles. The molecule has 0 aliphatic carbocycles. The standard InChI is InChI=1S/C12H10ClFN6O3.ClH/c13-7-5-6(1-2-8(7)14)20-11(19-22-12(20)21)9-10(16-4-3-15)18-23-17-9;/h1-2,5H,3-4,15H2,(H,16,18);1H. The predicted octanol–water partition coefficient (Wildman–Crippen LogP) is 1.46. The van der Waals surface area contributed by atoms with Gasteiger partial charge < -0.3 is 11.1 Å². The first kappa shape index (κ1) is 17.9. The molecule has 0 radical (unpaired) electrons. The highest BCUT2D eigenvalue weighted by atomic mass is 35.5. The SMILES string of the molecule is Cl.NCCNc1nonc1-c1noc(=O)n1-c1ccc(F)c(Cl)c1. The largest absolute Gasteiger partial charge is 0.446 e. The maximum atomic E-state index is 13.3. The Balaban J connectivity index is 0.00000208. The van der Waals surface area contributed by atoms with Crippen molar-refractivity contribution in [3.05, 3.63) is 39.6 Å². The van der Waals surface area contributed by atoms with Crippen molar-refractivity contribution in [1.82, 2.24) is 20.0 Å². The fraction of sp³-hybridized carbons (Fsp3) is 0.167. The zero-order valence-corrected chi connectivity index (χ0v) is 13.5. The smallest absolute Gasteiger partial charge is 0.364 e. The molecule has 0 saturated carbocycles. The summed E-state index contributed by atoms with van der Waals surface area (Å²) in [6.07, 6.45) is 0. The van der Waals surface area contributed by atoms with Gasteiger partial charge in [-0.15, -0.1) is 12.4 Å². The lowest BCUT2D eigenvalue weighted by Gasteiger charge is -2.05. The van der Waals surface area contributed by atoms with Gasteiger partial charge in [-0.1, -0.05) is 16.8 Å². The number of anilines is 1. The maximum absolute atomic E-state index is 13.3. The monoisotopic (exact) mass is 376 g/mol. The van der Waals surface area contributed by atoms with Crippen LogP contribution in [0.3, 0.4) is 0 Å². The lowest BCUT2D eigenvalue weighted by atomic mass is 10.3. The summed E-state index contributed by atoms with van der Waals surface area (Å²) in [5, 5.41) is 13.8. The quantitative estimate of drug-likeness (QED) is 0.685. The summed E-state index contributed by atoms with van der Waals surface area (Å²) in [5.41, 5.74) is 5.81. The fourth-order valence-corrected chi connectivity index (χ4v) is 2.07. The van der Waals surface area contributed by atoms with Crippen molar-refractivity contribution in [2.45, 2.75) is 0 Å². The van der Waals surface area contributed by atoms with Gasteiger partial charge in [0.25, 0.3) is 0 Å². The van der Waals surface area contributed by atoms with Crippen LogP contribution in [0.1, 0.15) is 0 Å². The zero-order valence-electron chi connectivity index (χ0n) is 11.9. The summed E-state index contributed by atoms with van der Waals surface area (Å²) in [5.74, 6) is -1.14. The first-order valence-electron chi connectivity index (χ1n) is 6.43. The van der Waals surface area contributed by atoms with Gasteiger partial charge in [0.05, 0.1) is 10.7 Å². The fourth-order valence-electron chi connectivity index (χ4n) is 1.89. The van der Waals surface area contributed by atoms with E-state index in [1.807, 2.05) is 0 Å². The second-order valence-corrected chi connectivity index (χ2v) is 4.79. The number of nitrogens with zero attached hydrogens (tertiary/aromatic N) is 4. The van der Waals surface area contributed by atoms with Crippen LogP contribution in [0.5, 0.6) is 0 Å². The first-order valence-corrected chi connectivity index (χ1v) is 6.80. The number of nitrogens with two attached hydrogens (primary N) is 1. The molecule has 0 aliphatic heterocycles. The number of nitrogens with one attached hydrogen (secondary N) is 1. The van der Waals surface area contributed by atoms with Gasteiger partial charge in [0.15, 0.2) is 5.69 Å². The Kier molecular flexibility index (Phi) is 5.54. The van der Waals surface area contributed by atoms with Crippen LogP contribution < -0.4 is 16.8 Å². The van der Waals surface area contributed by atoms with Crippen LogP contribution in [0.4, 0.5) is 10.2 Å². The Bertz CT molecular complexity index is 893. The molecule has 0 spiro atoms. The number of hydrogen-bond donors (Lipinski definition) is 2. The molecule has 2 aromatic heterocycles. The lowest BCUT2D eigenvalue weighted by Crippen LogP contribution is -2.16. The number of rotatable bonds is 5. The molecular weight excluding hydrogens is 366 g/mol. The minimum atomic E-state index is -0.796. The Labute approximate surface area is 144 Å². The third-order valence-corrected chi connectivity index (χ3v) is 3.19. The highest BCUT2D eigenvalue weighted by Gasteiger charge is 2.22. The van der Waals surface area contributed by atoms with Crippen LogP contribution >= 0.6 is 24.0 Å². The minimum absolute atomic E-state index is 0. The second-order valence-electron chi connectivity index (χ2n) is 4.38. The van der Waals surface area contributed by atoms with Gasteiger partial charge in [0.2, 0.25) is 11.6 Å². The van der Waals surface area contributed by atoms with Gasteiger partial charge in [0.1, 0.15) is 5.82 Å². The van der Waals surface area contributed by atoms with Crippen molar-refractivity contribution in [3.63, 3.8) is 0 Å². The lowest BCUT2D eigenvalue weighted by molar-refractivity contribution is 0.309. The number of hydrogen-bond acceptors (Lipinski definition) is 8. The minimum Gasteiger partial charge on any atom is -0.364 e. The summed E-state index contributed by atoms with van der Waals surface area (Å²) in [6.45, 7) is 0.761. The van der Waals surface area contributed by atoms with Crippen LogP contribution in [-0.4, -0.2) is 33.1 Å². The summed E-state index contributed by atoms with van der Waals surface area (Å²) in [4.78, 5) is 11.9. The Morgan fingerprint density at radius 1 is 1.33 bits per heavy atom. The van der Waals surface area contributed by atoms with Crippen molar-refractivity contribution in [3.8, 4) is 17.2 Å². The molecule has 128 valence electrons. The van der Waals surface area contributed by atoms with Crippen molar-refractivity contribution in [2.24, 2.45) is 5.73 Å². The molecule has 0 aliphatic rings. The molecule has 0 fully saturated rings. The average molecular weight is 377 g/mol. The molecule has 3 N–H and O–H groups in total. The van der Waals surface area contributed by atoms with Gasteiger partial charge in [-0.25, -0.2) is 18.4 Å². The van der Waals surface area contributed by atoms with Gasteiger partial charge in [0, 0.05) is 13.1 Å². The van der Waals surface area contributed by atoms with Crippen molar-refractivity contribution >= 4 is 29.8 Å². The summed E-state index contributed by atoms with van der Waals surface area (Å²) in [7, 11) is 0. The van der Waals surface area contributed by atoms with E-state index in [4.69, 9.17) is 17.3 Å². The molecule has 1 aromatic carbocycles. The molecule has 0 unspecified atom stereocenters. The van der Waals surface area contributed by atoms with E-state index in [1.165, 1.54) is 12.1 Å². The summed E-state index contributed by atoms with van der Waals surface area (Å²) in [6, 6.07) is 3.73. The molecule has 2 heterocycles. The van der Waals surface area contributed by atoms with E-state index in [9.17, 15) is 9.18 Å². The Hall–Kier alpha value is -2.43. The summed E-state index contributed by atoms with van der Waals surface area (Å²) < 4.78 is 23.7. The molecule has 0 bridgehead atoms. The van der Waals surface area contributed by atoms with Crippen molar-refractivity contribution in [2.75, 3.05) is 18.4 Å². The molecule has 12 heteroatoms. The Morgan fingerprint density at radius 2 is 2.12 bits per heavy atom. The number of halogens is 3. The van der Waals surface area contributed by atoms with E-state index in [0.717, 1.165) is 10.6 Å². The highest BCUT2D eigenvalue weighted by molar-refractivity contribution is 6.30. The zero-order chi connectivity index (χ0) is 16.4. The normalized spacial score (nSPS) is 10.5. The van der Waals surface area contributed by atoms with Crippen LogP contribution in [0, 0.1) is 5.82 Å². The predicted molar refractivity (Wildman–Crippen MR) is 85.2 cm³/mol. The number of benzene rings is 1. The van der Waals surface area contributed by atoms with E-state index in [0.29, 0.717) is 13.1 Å². The Morgan fingerprint density at radius 3 is 2.83 bits per heavy atom. The molecule has 0 atom stereocenters. The third kappa shape index (κ3) is 3.25. The van der Waals surface area contributed by atoms with Gasteiger partial charge >= 0.3 is 5.76 Å². The van der Waals surface area contributed by atoms with E-state index >= 15 is 0 Å². The topological polar surface area (TPSA) is 125 Å². The van der Waals surface area contributed by atoms with E-state index in [-0.39, 0.29) is 40.5 Å². The highest BCUT2D eigenvalue weighted by Crippen LogP contribution is 2.25. The van der Waals surface area contributed by atoms with Crippen molar-refractivity contribution < 1.29 is 13.5 Å². The van der Waals surface area contributed by atoms with Crippen LogP contribution in [0.2, 0.25) is 5.02 Å². The average Bonchev–Trinajstić information content (AvgIpc) is 3.14. The van der Waals surface area contributed by atoms with E-state index in [1.54, 1.807) is 0 Å². The first-order chi connectivity index (χ1) is 11.1. The third-order valence-electron chi connectivity index (χ3n) is 2.90. The summed E-state index contributed by atoms with van der Waals surface area (Å²) >= 11 is 5.75.